The van der Waals surface area contributed by atoms with E-state index in [1.165, 1.54) is 0 Å². The number of fused-ring (bicyclic) bond motifs is 1. The second kappa shape index (κ2) is 4.79. The number of para-hydroxylation sites is 1. The SMILES string of the molecule is Cn1cnc(CCn2c(=S)[nH]c3cccc(Cl)c32)n1. The minimum Gasteiger partial charge on any atom is -0.331 e. The van der Waals surface area contributed by atoms with Gasteiger partial charge in [0.25, 0.3) is 0 Å². The Hall–Kier alpha value is -1.66. The summed E-state index contributed by atoms with van der Waals surface area (Å²) < 4.78 is 4.35. The predicted molar refractivity (Wildman–Crippen MR) is 76.8 cm³/mol. The van der Waals surface area contributed by atoms with E-state index in [-0.39, 0.29) is 0 Å². The van der Waals surface area contributed by atoms with Crippen LogP contribution in [-0.4, -0.2) is 24.3 Å². The molecule has 3 rings (SSSR count). The van der Waals surface area contributed by atoms with Crippen LogP contribution in [-0.2, 0) is 20.0 Å². The van der Waals surface area contributed by atoms with Crippen molar-refractivity contribution in [2.45, 2.75) is 13.0 Å². The summed E-state index contributed by atoms with van der Waals surface area (Å²) in [6, 6.07) is 5.73. The molecule has 5 nitrogen and oxygen atoms in total. The molecule has 0 atom stereocenters. The molecule has 0 saturated carbocycles. The molecule has 0 radical (unpaired) electrons. The lowest BCUT2D eigenvalue weighted by atomic mass is 10.3. The highest BCUT2D eigenvalue weighted by atomic mass is 35.5. The Kier molecular flexibility index (Phi) is 3.12. The van der Waals surface area contributed by atoms with Gasteiger partial charge in [-0.25, -0.2) is 4.98 Å². The third kappa shape index (κ3) is 2.29. The van der Waals surface area contributed by atoms with Gasteiger partial charge >= 0.3 is 0 Å². The van der Waals surface area contributed by atoms with Crippen molar-refractivity contribution < 1.29 is 0 Å². The third-order valence-electron chi connectivity index (χ3n) is 2.95. The van der Waals surface area contributed by atoms with Crippen molar-refractivity contribution >= 4 is 34.9 Å². The van der Waals surface area contributed by atoms with Crippen LogP contribution < -0.4 is 0 Å². The molecule has 7 heteroatoms. The molecular weight excluding hydrogens is 282 g/mol. The van der Waals surface area contributed by atoms with E-state index < -0.39 is 0 Å². The van der Waals surface area contributed by atoms with Gasteiger partial charge in [-0.15, -0.1) is 0 Å². The quantitative estimate of drug-likeness (QED) is 0.756. The zero-order chi connectivity index (χ0) is 13.4. The van der Waals surface area contributed by atoms with Crippen molar-refractivity contribution in [3.8, 4) is 0 Å². The molecule has 0 aliphatic rings. The number of rotatable bonds is 3. The number of aromatic nitrogens is 5. The van der Waals surface area contributed by atoms with Crippen molar-refractivity contribution in [3.63, 3.8) is 0 Å². The number of imidazole rings is 1. The maximum Gasteiger partial charge on any atom is 0.178 e. The monoisotopic (exact) mass is 293 g/mol. The Morgan fingerprint density at radius 3 is 3.00 bits per heavy atom. The van der Waals surface area contributed by atoms with Gasteiger partial charge in [0.15, 0.2) is 10.6 Å². The summed E-state index contributed by atoms with van der Waals surface area (Å²) in [4.78, 5) is 7.37. The Labute approximate surface area is 119 Å². The molecule has 0 spiro atoms. The van der Waals surface area contributed by atoms with Gasteiger partial charge in [0, 0.05) is 20.0 Å². The molecule has 0 unspecified atom stereocenters. The molecule has 98 valence electrons. The summed E-state index contributed by atoms with van der Waals surface area (Å²) in [6.07, 6.45) is 2.41. The van der Waals surface area contributed by atoms with Crippen molar-refractivity contribution in [2.24, 2.45) is 7.05 Å². The van der Waals surface area contributed by atoms with Gasteiger partial charge in [0.05, 0.1) is 16.1 Å². The molecule has 1 N–H and O–H groups in total. The van der Waals surface area contributed by atoms with E-state index >= 15 is 0 Å². The Bertz CT molecular complexity index is 785. The zero-order valence-electron chi connectivity index (χ0n) is 10.3. The predicted octanol–water partition coefficient (Wildman–Crippen LogP) is 2.72. The van der Waals surface area contributed by atoms with Crippen LogP contribution in [0.1, 0.15) is 5.82 Å². The minimum absolute atomic E-state index is 0.666. The lowest BCUT2D eigenvalue weighted by molar-refractivity contribution is 0.666. The summed E-state index contributed by atoms with van der Waals surface area (Å²) in [5.74, 6) is 0.797. The van der Waals surface area contributed by atoms with E-state index in [1.54, 1.807) is 11.0 Å². The highest BCUT2D eigenvalue weighted by Crippen LogP contribution is 2.23. The van der Waals surface area contributed by atoms with Crippen LogP contribution in [0.2, 0.25) is 5.02 Å². The minimum atomic E-state index is 0.666. The van der Waals surface area contributed by atoms with Gasteiger partial charge in [-0.2, -0.15) is 5.10 Å². The fourth-order valence-corrected chi connectivity index (χ4v) is 2.67. The van der Waals surface area contributed by atoms with E-state index in [0.717, 1.165) is 16.9 Å². The lowest BCUT2D eigenvalue weighted by Gasteiger charge is -2.03. The first kappa shape index (κ1) is 12.4. The molecule has 0 aliphatic heterocycles. The summed E-state index contributed by atoms with van der Waals surface area (Å²) in [5, 5.41) is 4.95. The molecule has 2 heterocycles. The van der Waals surface area contributed by atoms with Gasteiger partial charge in [-0.3, -0.25) is 4.68 Å². The van der Waals surface area contributed by atoms with E-state index in [2.05, 4.69) is 15.1 Å². The molecule has 2 aromatic heterocycles. The van der Waals surface area contributed by atoms with Crippen LogP contribution >= 0.6 is 23.8 Å². The van der Waals surface area contributed by atoms with Crippen molar-refractivity contribution in [3.05, 3.63) is 40.1 Å². The molecule has 0 saturated heterocycles. The Morgan fingerprint density at radius 1 is 1.42 bits per heavy atom. The summed E-state index contributed by atoms with van der Waals surface area (Å²) in [5.41, 5.74) is 1.89. The number of hydrogen-bond donors (Lipinski definition) is 1. The van der Waals surface area contributed by atoms with Gasteiger partial charge in [-0.1, -0.05) is 17.7 Å². The molecule has 0 aliphatic carbocycles. The third-order valence-corrected chi connectivity index (χ3v) is 3.58. The van der Waals surface area contributed by atoms with Crippen molar-refractivity contribution in [1.29, 1.82) is 0 Å². The largest absolute Gasteiger partial charge is 0.331 e. The van der Waals surface area contributed by atoms with E-state index in [0.29, 0.717) is 22.8 Å². The first-order valence-electron chi connectivity index (χ1n) is 5.86. The lowest BCUT2D eigenvalue weighted by Crippen LogP contribution is -2.03. The molecule has 19 heavy (non-hydrogen) atoms. The molecule has 0 fully saturated rings. The smallest absolute Gasteiger partial charge is 0.178 e. The van der Waals surface area contributed by atoms with E-state index in [1.807, 2.05) is 29.8 Å². The normalized spacial score (nSPS) is 11.3. The molecular formula is C12H12ClN5S. The number of hydrogen-bond acceptors (Lipinski definition) is 3. The van der Waals surface area contributed by atoms with Crippen LogP contribution in [0.15, 0.2) is 24.5 Å². The summed E-state index contributed by atoms with van der Waals surface area (Å²) in [6.45, 7) is 0.701. The van der Waals surface area contributed by atoms with E-state index in [4.69, 9.17) is 23.8 Å². The second-order valence-electron chi connectivity index (χ2n) is 4.30. The molecule has 3 aromatic rings. The van der Waals surface area contributed by atoms with Crippen molar-refractivity contribution in [1.82, 2.24) is 24.3 Å². The number of nitrogens with zero attached hydrogens (tertiary/aromatic N) is 4. The van der Waals surface area contributed by atoms with Gasteiger partial charge in [0.1, 0.15) is 6.33 Å². The van der Waals surface area contributed by atoms with Crippen LogP contribution in [0.3, 0.4) is 0 Å². The summed E-state index contributed by atoms with van der Waals surface area (Å²) >= 11 is 11.6. The topological polar surface area (TPSA) is 51.4 Å². The summed E-state index contributed by atoms with van der Waals surface area (Å²) in [7, 11) is 1.85. The number of aromatic amines is 1. The van der Waals surface area contributed by atoms with Crippen LogP contribution in [0, 0.1) is 4.77 Å². The average Bonchev–Trinajstić information content (AvgIpc) is 2.91. The van der Waals surface area contributed by atoms with Gasteiger partial charge in [0.2, 0.25) is 0 Å². The van der Waals surface area contributed by atoms with Crippen LogP contribution in [0.5, 0.6) is 0 Å². The second-order valence-corrected chi connectivity index (χ2v) is 5.10. The fraction of sp³-hybridized carbons (Fsp3) is 0.250. The molecule has 0 amide bonds. The number of aryl methyl sites for hydroxylation is 3. The molecule has 1 aromatic carbocycles. The maximum absolute atomic E-state index is 6.24. The first-order valence-corrected chi connectivity index (χ1v) is 6.65. The molecule has 0 bridgehead atoms. The fourth-order valence-electron chi connectivity index (χ4n) is 2.10. The number of nitrogens with one attached hydrogen (secondary N) is 1. The van der Waals surface area contributed by atoms with E-state index in [9.17, 15) is 0 Å². The van der Waals surface area contributed by atoms with Crippen LogP contribution in [0.4, 0.5) is 0 Å². The highest BCUT2D eigenvalue weighted by molar-refractivity contribution is 7.71. The Morgan fingerprint density at radius 2 is 2.26 bits per heavy atom. The number of H-pyrrole nitrogens is 1. The first-order chi connectivity index (χ1) is 9.15. The highest BCUT2D eigenvalue weighted by Gasteiger charge is 2.09. The standard InChI is InChI=1S/C12H12ClN5S/c1-17-7-14-10(16-17)5-6-18-11-8(13)3-2-4-9(11)15-12(18)19/h2-4,7H,5-6H2,1H3,(H,15,19). The van der Waals surface area contributed by atoms with Gasteiger partial charge in [-0.05, 0) is 24.4 Å². The number of benzene rings is 1. The van der Waals surface area contributed by atoms with Crippen LogP contribution in [0.25, 0.3) is 11.0 Å². The average molecular weight is 294 g/mol. The number of halogens is 1. The van der Waals surface area contributed by atoms with Crippen molar-refractivity contribution in [2.75, 3.05) is 0 Å². The van der Waals surface area contributed by atoms with Gasteiger partial charge < -0.3 is 9.55 Å². The Balaban J connectivity index is 1.96. The maximum atomic E-state index is 6.24. The zero-order valence-corrected chi connectivity index (χ0v) is 11.9.